The van der Waals surface area contributed by atoms with E-state index in [4.69, 9.17) is 0 Å². The minimum absolute atomic E-state index is 0. The number of hydrogen-bond acceptors (Lipinski definition) is 1. The van der Waals surface area contributed by atoms with Crippen molar-refractivity contribution in [3.05, 3.63) is 96.5 Å². The van der Waals surface area contributed by atoms with Crippen molar-refractivity contribution in [3.63, 3.8) is 0 Å². The molecule has 27 heavy (non-hydrogen) atoms. The van der Waals surface area contributed by atoms with Gasteiger partial charge in [-0.05, 0) is 11.6 Å². The fourth-order valence-electron chi connectivity index (χ4n) is 3.51. The second kappa shape index (κ2) is 7.07. The predicted octanol–water partition coefficient (Wildman–Crippen LogP) is 4.04. The van der Waals surface area contributed by atoms with Gasteiger partial charge in [0.05, 0.1) is 11.7 Å². The van der Waals surface area contributed by atoms with Crippen molar-refractivity contribution in [2.45, 2.75) is 0 Å². The van der Waals surface area contributed by atoms with E-state index in [0.717, 1.165) is 22.4 Å². The molecule has 0 aliphatic heterocycles. The summed E-state index contributed by atoms with van der Waals surface area (Å²) in [6.07, 6.45) is 12.7. The maximum absolute atomic E-state index is 4.57. The smallest absolute Gasteiger partial charge is 0.181 e. The molecule has 0 saturated heterocycles. The molecule has 0 saturated carbocycles. The summed E-state index contributed by atoms with van der Waals surface area (Å²) in [5.74, 6) is 0. The first-order valence-electron chi connectivity index (χ1n) is 8.57. The molecule has 2 aromatic carbocycles. The van der Waals surface area contributed by atoms with Crippen LogP contribution in [0.3, 0.4) is 0 Å². The standard InChI is InChI=1S/C23H16N3.Ir/c1-25-16-26(23-22(25)14-7-15-24-23)21-13-6-9-17-8-2-3-10-18(17)19-11-4-5-12-20(19)21;/h2-12,14-15H,1H3;/q-1;/b9-6-,17-9?,19-18?,21-20?;. The van der Waals surface area contributed by atoms with Crippen LogP contribution >= 0.6 is 0 Å². The number of imidazole rings is 1. The number of fused-ring (bicyclic) bond motifs is 4. The van der Waals surface area contributed by atoms with Crippen LogP contribution in [0, 0.1) is 12.4 Å². The van der Waals surface area contributed by atoms with Gasteiger partial charge in [0, 0.05) is 27.2 Å². The molecule has 0 atom stereocenters. The van der Waals surface area contributed by atoms with Gasteiger partial charge in [-0.15, -0.1) is 11.6 Å². The number of pyridine rings is 1. The van der Waals surface area contributed by atoms with Gasteiger partial charge in [0.25, 0.3) is 0 Å². The van der Waals surface area contributed by atoms with Crippen LogP contribution < -0.4 is 4.57 Å². The SMILES string of the molecule is Cn1[c-][n+](C2=[C-]/C=C\c3ccccc3-c3ccccc32)c2ncccc21.[Ir]. The van der Waals surface area contributed by atoms with Crippen LogP contribution in [0.2, 0.25) is 0 Å². The number of aryl methyl sites for hydroxylation is 1. The fourth-order valence-corrected chi connectivity index (χ4v) is 3.51. The first-order valence-corrected chi connectivity index (χ1v) is 8.57. The number of allylic oxidation sites excluding steroid dienone is 2. The molecule has 0 unspecified atom stereocenters. The molecule has 0 spiro atoms. The van der Waals surface area contributed by atoms with E-state index in [1.54, 1.807) is 0 Å². The van der Waals surface area contributed by atoms with Crippen molar-refractivity contribution in [2.24, 2.45) is 7.05 Å². The molecule has 2 aromatic heterocycles. The second-order valence-electron chi connectivity index (χ2n) is 6.30. The zero-order valence-corrected chi connectivity index (χ0v) is 17.1. The molecule has 4 aromatic rings. The maximum atomic E-state index is 4.57. The van der Waals surface area contributed by atoms with Gasteiger partial charge in [-0.1, -0.05) is 65.4 Å². The summed E-state index contributed by atoms with van der Waals surface area (Å²) in [7, 11) is 1.99. The van der Waals surface area contributed by atoms with Gasteiger partial charge in [-0.2, -0.15) is 23.2 Å². The fraction of sp³-hybridized carbons (Fsp3) is 0.0435. The summed E-state index contributed by atoms with van der Waals surface area (Å²) >= 11 is 0. The van der Waals surface area contributed by atoms with Crippen LogP contribution in [-0.4, -0.2) is 9.55 Å². The Morgan fingerprint density at radius 3 is 2.48 bits per heavy atom. The molecule has 0 amide bonds. The molecule has 2 heterocycles. The summed E-state index contributed by atoms with van der Waals surface area (Å²) < 4.78 is 3.96. The van der Waals surface area contributed by atoms with Crippen LogP contribution in [0.25, 0.3) is 34.1 Å². The number of benzene rings is 2. The van der Waals surface area contributed by atoms with Gasteiger partial charge in [-0.25, -0.2) is 0 Å². The van der Waals surface area contributed by atoms with E-state index in [0.29, 0.717) is 0 Å². The Labute approximate surface area is 171 Å². The third kappa shape index (κ3) is 2.87. The van der Waals surface area contributed by atoms with Gasteiger partial charge >= 0.3 is 0 Å². The Balaban J connectivity index is 0.00000180. The van der Waals surface area contributed by atoms with Crippen LogP contribution in [0.5, 0.6) is 0 Å². The summed E-state index contributed by atoms with van der Waals surface area (Å²) in [5, 5.41) is 0. The van der Waals surface area contributed by atoms with E-state index in [1.165, 1.54) is 16.7 Å². The van der Waals surface area contributed by atoms with E-state index >= 15 is 0 Å². The molecule has 1 aliphatic rings. The molecule has 0 bridgehead atoms. The molecule has 3 nitrogen and oxygen atoms in total. The summed E-state index contributed by atoms with van der Waals surface area (Å²) in [5.41, 5.74) is 7.55. The molecule has 133 valence electrons. The van der Waals surface area contributed by atoms with E-state index < -0.39 is 0 Å². The zero-order valence-electron chi connectivity index (χ0n) is 14.7. The minimum Gasteiger partial charge on any atom is -0.347 e. The molecular formula is C23H16IrN3-. The first kappa shape index (κ1) is 17.6. The monoisotopic (exact) mass is 527 g/mol. The average Bonchev–Trinajstić information content (AvgIpc) is 3.01. The largest absolute Gasteiger partial charge is 0.347 e. The van der Waals surface area contributed by atoms with Crippen molar-refractivity contribution < 1.29 is 24.7 Å². The molecule has 1 aliphatic carbocycles. The van der Waals surface area contributed by atoms with Gasteiger partial charge < -0.3 is 9.13 Å². The summed E-state index contributed by atoms with van der Waals surface area (Å²) in [6.45, 7) is 0. The predicted molar refractivity (Wildman–Crippen MR) is 103 cm³/mol. The van der Waals surface area contributed by atoms with Gasteiger partial charge in [-0.3, -0.25) is 0 Å². The number of hydrogen-bond donors (Lipinski definition) is 0. The van der Waals surface area contributed by atoms with E-state index in [2.05, 4.69) is 78.1 Å². The molecule has 0 N–H and O–H groups in total. The third-order valence-corrected chi connectivity index (χ3v) is 4.73. The number of aromatic nitrogens is 3. The van der Waals surface area contributed by atoms with Crippen molar-refractivity contribution in [2.75, 3.05) is 0 Å². The average molecular weight is 527 g/mol. The third-order valence-electron chi connectivity index (χ3n) is 4.73. The Morgan fingerprint density at radius 2 is 1.63 bits per heavy atom. The normalized spacial score (nSPS) is 13.6. The van der Waals surface area contributed by atoms with Gasteiger partial charge in [0.2, 0.25) is 0 Å². The maximum Gasteiger partial charge on any atom is 0.181 e. The van der Waals surface area contributed by atoms with Crippen molar-refractivity contribution in [3.8, 4) is 11.1 Å². The van der Waals surface area contributed by atoms with Crippen molar-refractivity contribution >= 4 is 22.9 Å². The van der Waals surface area contributed by atoms with Crippen molar-refractivity contribution in [1.29, 1.82) is 0 Å². The Kier molecular flexibility index (Phi) is 4.61. The molecule has 1 radical (unpaired) electrons. The van der Waals surface area contributed by atoms with Crippen LogP contribution in [0.15, 0.2) is 72.9 Å². The topological polar surface area (TPSA) is 21.7 Å². The van der Waals surface area contributed by atoms with Gasteiger partial charge in [0.15, 0.2) is 12.0 Å². The van der Waals surface area contributed by atoms with Crippen molar-refractivity contribution in [1.82, 2.24) is 9.55 Å². The van der Waals surface area contributed by atoms with E-state index in [9.17, 15) is 0 Å². The molecule has 4 heteroatoms. The summed E-state index contributed by atoms with van der Waals surface area (Å²) in [4.78, 5) is 4.57. The number of rotatable bonds is 1. The summed E-state index contributed by atoms with van der Waals surface area (Å²) in [6, 6.07) is 20.9. The van der Waals surface area contributed by atoms with Gasteiger partial charge in [0.1, 0.15) is 0 Å². The van der Waals surface area contributed by atoms with Crippen LogP contribution in [0.4, 0.5) is 0 Å². The Hall–Kier alpha value is -2.81. The van der Waals surface area contributed by atoms with E-state index in [1.807, 2.05) is 34.5 Å². The minimum atomic E-state index is 0. The Bertz CT molecular complexity index is 1200. The second-order valence-corrected chi connectivity index (χ2v) is 6.30. The molecular weight excluding hydrogens is 510 g/mol. The van der Waals surface area contributed by atoms with Crippen LogP contribution in [-0.2, 0) is 27.2 Å². The Morgan fingerprint density at radius 1 is 0.889 bits per heavy atom. The van der Waals surface area contributed by atoms with Crippen LogP contribution in [0.1, 0.15) is 11.1 Å². The van der Waals surface area contributed by atoms with E-state index in [-0.39, 0.29) is 20.1 Å². The first-order chi connectivity index (χ1) is 12.8. The molecule has 0 fully saturated rings. The quantitative estimate of drug-likeness (QED) is 0.271. The number of nitrogens with zero attached hydrogens (tertiary/aromatic N) is 3. The zero-order chi connectivity index (χ0) is 17.5. The molecule has 5 rings (SSSR count).